The fraction of sp³-hybridized carbons (Fsp3) is 0.0909. The number of alkyl halides is 3. The zero-order valence-corrected chi connectivity index (χ0v) is 8.28. The van der Waals surface area contributed by atoms with E-state index in [1.54, 1.807) is 6.07 Å². The lowest BCUT2D eigenvalue weighted by Gasteiger charge is -2.07. The molecule has 0 aliphatic rings. The molecule has 0 unspecified atom stereocenters. The van der Waals surface area contributed by atoms with Gasteiger partial charge in [0.2, 0.25) is 0 Å². The van der Waals surface area contributed by atoms with Crippen LogP contribution in [-0.2, 0) is 6.18 Å². The second kappa shape index (κ2) is 3.63. The first-order chi connectivity index (χ1) is 7.91. The molecule has 2 rings (SSSR count). The lowest BCUT2D eigenvalue weighted by Crippen LogP contribution is -2.04. The molecule has 1 heterocycles. The van der Waals surface area contributed by atoms with Crippen molar-refractivity contribution in [2.45, 2.75) is 6.18 Å². The third-order valence-electron chi connectivity index (χ3n) is 2.23. The summed E-state index contributed by atoms with van der Waals surface area (Å²) < 4.78 is 37.3. The first-order valence-electron chi connectivity index (χ1n) is 4.53. The van der Waals surface area contributed by atoms with Crippen LogP contribution in [-0.4, -0.2) is 10.1 Å². The van der Waals surface area contributed by atoms with Crippen LogP contribution in [0.4, 0.5) is 13.2 Å². The van der Waals surface area contributed by atoms with Crippen LogP contribution in [0.1, 0.15) is 11.3 Å². The molecule has 6 heteroatoms. The molecule has 0 atom stereocenters. The van der Waals surface area contributed by atoms with Gasteiger partial charge in [0.1, 0.15) is 6.07 Å². The first-order valence-corrected chi connectivity index (χ1v) is 4.53. The maximum absolute atomic E-state index is 12.4. The SMILES string of the molecule is N#Cc1nc2ccc(C(F)(F)F)cc2cc1O. The number of aromatic hydroxyl groups is 1. The highest BCUT2D eigenvalue weighted by Crippen LogP contribution is 2.32. The molecule has 0 aliphatic heterocycles. The summed E-state index contributed by atoms with van der Waals surface area (Å²) in [6.45, 7) is 0. The standard InChI is InChI=1S/C11H5F3N2O/c12-11(13,14)7-1-2-8-6(3-7)4-10(17)9(5-15)16-8/h1-4,17H. The summed E-state index contributed by atoms with van der Waals surface area (Å²) in [5.74, 6) is -0.431. The number of halogens is 3. The number of pyridine rings is 1. The lowest BCUT2D eigenvalue weighted by atomic mass is 10.1. The highest BCUT2D eigenvalue weighted by Gasteiger charge is 2.30. The average molecular weight is 238 g/mol. The van der Waals surface area contributed by atoms with Gasteiger partial charge in [0.05, 0.1) is 11.1 Å². The summed E-state index contributed by atoms with van der Waals surface area (Å²) in [5, 5.41) is 18.1. The quantitative estimate of drug-likeness (QED) is 0.767. The van der Waals surface area contributed by atoms with Crippen molar-refractivity contribution in [1.82, 2.24) is 4.98 Å². The molecule has 1 aromatic heterocycles. The van der Waals surface area contributed by atoms with Gasteiger partial charge in [0.15, 0.2) is 11.4 Å². The molecule has 0 saturated heterocycles. The molecule has 2 aromatic rings. The topological polar surface area (TPSA) is 56.9 Å². The van der Waals surface area contributed by atoms with Gasteiger partial charge in [-0.2, -0.15) is 18.4 Å². The third kappa shape index (κ3) is 1.99. The zero-order chi connectivity index (χ0) is 12.6. The van der Waals surface area contributed by atoms with E-state index in [1.807, 2.05) is 0 Å². The highest BCUT2D eigenvalue weighted by molar-refractivity contribution is 5.81. The maximum Gasteiger partial charge on any atom is 0.416 e. The van der Waals surface area contributed by atoms with E-state index in [1.165, 1.54) is 6.07 Å². The number of hydrogen-bond donors (Lipinski definition) is 1. The van der Waals surface area contributed by atoms with Crippen molar-refractivity contribution in [3.05, 3.63) is 35.5 Å². The molecule has 0 aliphatic carbocycles. The Kier molecular flexibility index (Phi) is 2.39. The van der Waals surface area contributed by atoms with Crippen molar-refractivity contribution in [3.8, 4) is 11.8 Å². The molecular formula is C11H5F3N2O. The van der Waals surface area contributed by atoms with Crippen LogP contribution in [0.2, 0.25) is 0 Å². The van der Waals surface area contributed by atoms with Gasteiger partial charge in [0.25, 0.3) is 0 Å². The molecule has 0 amide bonds. The number of hydrogen-bond acceptors (Lipinski definition) is 3. The van der Waals surface area contributed by atoms with Crippen LogP contribution in [0.5, 0.6) is 5.75 Å². The Morgan fingerprint density at radius 1 is 1.24 bits per heavy atom. The number of benzene rings is 1. The van der Waals surface area contributed by atoms with Crippen LogP contribution < -0.4 is 0 Å². The van der Waals surface area contributed by atoms with Crippen molar-refractivity contribution in [3.63, 3.8) is 0 Å². The Hall–Kier alpha value is -2.29. The van der Waals surface area contributed by atoms with Gasteiger partial charge in [-0.25, -0.2) is 4.98 Å². The molecule has 1 aromatic carbocycles. The van der Waals surface area contributed by atoms with Crippen molar-refractivity contribution >= 4 is 10.9 Å². The van der Waals surface area contributed by atoms with E-state index in [0.29, 0.717) is 0 Å². The van der Waals surface area contributed by atoms with E-state index in [-0.39, 0.29) is 16.6 Å². The van der Waals surface area contributed by atoms with E-state index in [4.69, 9.17) is 5.26 Å². The minimum absolute atomic E-state index is 0.135. The summed E-state index contributed by atoms with van der Waals surface area (Å²) in [7, 11) is 0. The van der Waals surface area contributed by atoms with Crippen LogP contribution >= 0.6 is 0 Å². The summed E-state index contributed by atoms with van der Waals surface area (Å²) in [6, 6.07) is 5.67. The number of fused-ring (bicyclic) bond motifs is 1. The third-order valence-corrected chi connectivity index (χ3v) is 2.23. The second-order valence-corrected chi connectivity index (χ2v) is 3.37. The predicted octanol–water partition coefficient (Wildman–Crippen LogP) is 2.83. The maximum atomic E-state index is 12.4. The molecule has 0 bridgehead atoms. The number of rotatable bonds is 0. The van der Waals surface area contributed by atoms with Crippen molar-refractivity contribution in [1.29, 1.82) is 5.26 Å². The van der Waals surface area contributed by atoms with Gasteiger partial charge in [-0.3, -0.25) is 0 Å². The fourth-order valence-electron chi connectivity index (χ4n) is 1.42. The second-order valence-electron chi connectivity index (χ2n) is 3.37. The van der Waals surface area contributed by atoms with Crippen LogP contribution in [0.3, 0.4) is 0 Å². The van der Waals surface area contributed by atoms with E-state index < -0.39 is 17.5 Å². The van der Waals surface area contributed by atoms with Crippen LogP contribution in [0.25, 0.3) is 10.9 Å². The normalized spacial score (nSPS) is 11.4. The summed E-state index contributed by atoms with van der Waals surface area (Å²) in [5.41, 5.74) is -0.805. The molecule has 0 saturated carbocycles. The van der Waals surface area contributed by atoms with Gasteiger partial charge in [-0.15, -0.1) is 0 Å². The molecule has 86 valence electrons. The minimum atomic E-state index is -4.45. The Labute approximate surface area is 93.7 Å². The van der Waals surface area contributed by atoms with E-state index in [9.17, 15) is 18.3 Å². The van der Waals surface area contributed by atoms with E-state index in [0.717, 1.165) is 18.2 Å². The molecule has 3 nitrogen and oxygen atoms in total. The Morgan fingerprint density at radius 2 is 1.94 bits per heavy atom. The number of nitrogens with zero attached hydrogens (tertiary/aromatic N) is 2. The van der Waals surface area contributed by atoms with E-state index >= 15 is 0 Å². The zero-order valence-electron chi connectivity index (χ0n) is 8.28. The highest BCUT2D eigenvalue weighted by atomic mass is 19.4. The molecule has 1 N–H and O–H groups in total. The van der Waals surface area contributed by atoms with Gasteiger partial charge in [-0.1, -0.05) is 0 Å². The van der Waals surface area contributed by atoms with Crippen molar-refractivity contribution in [2.24, 2.45) is 0 Å². The van der Waals surface area contributed by atoms with Crippen molar-refractivity contribution < 1.29 is 18.3 Å². The van der Waals surface area contributed by atoms with Gasteiger partial charge >= 0.3 is 6.18 Å². The summed E-state index contributed by atoms with van der Waals surface area (Å²) in [6.07, 6.45) is -4.45. The average Bonchev–Trinajstić information content (AvgIpc) is 2.26. The Morgan fingerprint density at radius 3 is 2.53 bits per heavy atom. The molecule has 0 spiro atoms. The fourth-order valence-corrected chi connectivity index (χ4v) is 1.42. The van der Waals surface area contributed by atoms with Gasteiger partial charge in [-0.05, 0) is 24.3 Å². The minimum Gasteiger partial charge on any atom is -0.505 e. The lowest BCUT2D eigenvalue weighted by molar-refractivity contribution is -0.137. The van der Waals surface area contributed by atoms with Crippen LogP contribution in [0.15, 0.2) is 24.3 Å². The number of nitriles is 1. The monoisotopic (exact) mass is 238 g/mol. The molecule has 0 fully saturated rings. The Bertz CT molecular complexity index is 629. The smallest absolute Gasteiger partial charge is 0.416 e. The molecule has 17 heavy (non-hydrogen) atoms. The predicted molar refractivity (Wildman–Crippen MR) is 53.1 cm³/mol. The molecular weight excluding hydrogens is 233 g/mol. The molecule has 0 radical (unpaired) electrons. The van der Waals surface area contributed by atoms with Crippen molar-refractivity contribution in [2.75, 3.05) is 0 Å². The van der Waals surface area contributed by atoms with Gasteiger partial charge < -0.3 is 5.11 Å². The Balaban J connectivity index is 2.69. The number of aromatic nitrogens is 1. The largest absolute Gasteiger partial charge is 0.505 e. The van der Waals surface area contributed by atoms with Gasteiger partial charge in [0, 0.05) is 5.39 Å². The summed E-state index contributed by atoms with van der Waals surface area (Å²) >= 11 is 0. The summed E-state index contributed by atoms with van der Waals surface area (Å²) in [4.78, 5) is 3.74. The van der Waals surface area contributed by atoms with Crippen LogP contribution in [0, 0.1) is 11.3 Å². The van der Waals surface area contributed by atoms with E-state index in [2.05, 4.69) is 4.98 Å². The first kappa shape index (κ1) is 11.2.